The molecule has 1 atom stereocenters. The van der Waals surface area contributed by atoms with E-state index in [4.69, 9.17) is 9.84 Å². The summed E-state index contributed by atoms with van der Waals surface area (Å²) in [6.07, 6.45) is -0.603. The third-order valence-corrected chi connectivity index (χ3v) is 4.39. The first-order chi connectivity index (χ1) is 13.5. The molecule has 0 heterocycles. The number of benzene rings is 3. The molecule has 0 aromatic heterocycles. The second-order valence-electron chi connectivity index (χ2n) is 6.32. The van der Waals surface area contributed by atoms with E-state index in [1.807, 2.05) is 54.6 Å². The fourth-order valence-electron chi connectivity index (χ4n) is 2.75. The van der Waals surface area contributed by atoms with Gasteiger partial charge in [-0.15, -0.1) is 0 Å². The van der Waals surface area contributed by atoms with Gasteiger partial charge in [0.25, 0.3) is 0 Å². The van der Waals surface area contributed by atoms with E-state index in [-0.39, 0.29) is 18.1 Å². The molecule has 3 aromatic rings. The van der Waals surface area contributed by atoms with E-state index in [1.54, 1.807) is 19.1 Å². The van der Waals surface area contributed by atoms with E-state index in [0.717, 1.165) is 16.8 Å². The quantitative estimate of drug-likeness (QED) is 0.440. The first-order valence-electron chi connectivity index (χ1n) is 8.93. The summed E-state index contributed by atoms with van der Waals surface area (Å²) >= 11 is 0. The van der Waals surface area contributed by atoms with Crippen LogP contribution >= 0.6 is 0 Å². The van der Waals surface area contributed by atoms with Crippen molar-refractivity contribution in [3.8, 4) is 11.1 Å². The second kappa shape index (κ2) is 8.97. The minimum atomic E-state index is -0.972. The maximum atomic E-state index is 12.5. The average Bonchev–Trinajstić information content (AvgIpc) is 2.74. The number of hydrogen-bond donors (Lipinski definition) is 2. The van der Waals surface area contributed by atoms with Crippen molar-refractivity contribution in [3.63, 3.8) is 0 Å². The van der Waals surface area contributed by atoms with Gasteiger partial charge < -0.3 is 15.2 Å². The smallest absolute Gasteiger partial charge is 0.335 e. The number of anilines is 1. The Labute approximate surface area is 163 Å². The minimum absolute atomic E-state index is 0.0948. The van der Waals surface area contributed by atoms with Gasteiger partial charge in [0.2, 0.25) is 0 Å². The lowest BCUT2D eigenvalue weighted by Gasteiger charge is -2.14. The predicted octanol–water partition coefficient (Wildman–Crippen LogP) is 4.71. The monoisotopic (exact) mass is 375 g/mol. The van der Waals surface area contributed by atoms with Gasteiger partial charge in [0.1, 0.15) is 12.8 Å². The van der Waals surface area contributed by atoms with Gasteiger partial charge in [0.15, 0.2) is 5.78 Å². The van der Waals surface area contributed by atoms with Crippen molar-refractivity contribution >= 4 is 17.4 Å². The molecule has 0 amide bonds. The van der Waals surface area contributed by atoms with Crippen LogP contribution in [0.3, 0.4) is 0 Å². The van der Waals surface area contributed by atoms with Crippen molar-refractivity contribution in [1.29, 1.82) is 0 Å². The molecule has 0 aliphatic heterocycles. The van der Waals surface area contributed by atoms with Crippen LogP contribution in [0.2, 0.25) is 0 Å². The number of carbonyl (C=O) groups excluding carboxylic acids is 1. The Morgan fingerprint density at radius 3 is 2.04 bits per heavy atom. The second-order valence-corrected chi connectivity index (χ2v) is 6.32. The van der Waals surface area contributed by atoms with E-state index >= 15 is 0 Å². The Bertz CT molecular complexity index is 935. The van der Waals surface area contributed by atoms with E-state index in [9.17, 15) is 9.59 Å². The van der Waals surface area contributed by atoms with Crippen LogP contribution in [0.1, 0.15) is 27.6 Å². The summed E-state index contributed by atoms with van der Waals surface area (Å²) in [6, 6.07) is 23.8. The molecule has 0 saturated carbocycles. The lowest BCUT2D eigenvalue weighted by molar-refractivity contribution is 0.0536. The number of aromatic carboxylic acids is 1. The van der Waals surface area contributed by atoms with Crippen LogP contribution in [0, 0.1) is 0 Å². The molecule has 0 aliphatic rings. The number of ketones is 1. The van der Waals surface area contributed by atoms with Crippen molar-refractivity contribution in [1.82, 2.24) is 0 Å². The van der Waals surface area contributed by atoms with Gasteiger partial charge in [-0.25, -0.2) is 4.79 Å². The van der Waals surface area contributed by atoms with E-state index in [2.05, 4.69) is 5.32 Å². The number of hydrogen-bond acceptors (Lipinski definition) is 4. The molecule has 142 valence electrons. The van der Waals surface area contributed by atoms with Gasteiger partial charge in [0, 0.05) is 11.3 Å². The Hall–Kier alpha value is -3.44. The Kier molecular flexibility index (Phi) is 6.19. The van der Waals surface area contributed by atoms with Gasteiger partial charge in [-0.1, -0.05) is 54.6 Å². The summed E-state index contributed by atoms with van der Waals surface area (Å²) in [4.78, 5) is 23.4. The van der Waals surface area contributed by atoms with Gasteiger partial charge in [-0.05, 0) is 42.3 Å². The number of Topliss-reactive ketones (excluding diaryl/α,β-unsaturated/α-hetero) is 1. The van der Waals surface area contributed by atoms with Crippen molar-refractivity contribution in [3.05, 3.63) is 90.0 Å². The van der Waals surface area contributed by atoms with Crippen LogP contribution in [0.25, 0.3) is 11.1 Å². The highest BCUT2D eigenvalue weighted by Crippen LogP contribution is 2.20. The molecule has 0 fully saturated rings. The number of carboxylic acid groups (broad SMARTS) is 1. The average molecular weight is 375 g/mol. The number of carboxylic acids is 1. The molecule has 28 heavy (non-hydrogen) atoms. The molecular formula is C23H21NO4. The third-order valence-electron chi connectivity index (χ3n) is 4.39. The summed E-state index contributed by atoms with van der Waals surface area (Å²) in [5.74, 6) is -1.07. The molecule has 0 spiro atoms. The standard InChI is InChI=1S/C23H21NO4/c1-16(28-15-24-21-13-11-20(12-14-21)23(26)27)22(25)19-9-7-18(8-10-19)17-5-3-2-4-6-17/h2-14,16,24H,15H2,1H3,(H,26,27). The van der Waals surface area contributed by atoms with Gasteiger partial charge in [-0.2, -0.15) is 0 Å². The van der Waals surface area contributed by atoms with E-state index in [1.165, 1.54) is 12.1 Å². The molecule has 3 rings (SSSR count). The number of nitrogens with one attached hydrogen (secondary N) is 1. The fraction of sp³-hybridized carbons (Fsp3) is 0.130. The topological polar surface area (TPSA) is 75.6 Å². The van der Waals surface area contributed by atoms with Crippen molar-refractivity contribution < 1.29 is 19.4 Å². The van der Waals surface area contributed by atoms with Crippen LogP contribution in [-0.4, -0.2) is 29.7 Å². The number of carbonyl (C=O) groups is 2. The van der Waals surface area contributed by atoms with Crippen molar-refractivity contribution in [2.45, 2.75) is 13.0 Å². The summed E-state index contributed by atoms with van der Waals surface area (Å²) in [6.45, 7) is 1.85. The largest absolute Gasteiger partial charge is 0.478 e. The maximum absolute atomic E-state index is 12.5. The molecule has 1 unspecified atom stereocenters. The van der Waals surface area contributed by atoms with Crippen LogP contribution in [-0.2, 0) is 4.74 Å². The minimum Gasteiger partial charge on any atom is -0.478 e. The summed E-state index contributed by atoms with van der Waals surface area (Å²) < 4.78 is 5.58. The van der Waals surface area contributed by atoms with Gasteiger partial charge in [0.05, 0.1) is 5.56 Å². The summed E-state index contributed by atoms with van der Waals surface area (Å²) in [5.41, 5.74) is 3.69. The van der Waals surface area contributed by atoms with E-state index in [0.29, 0.717) is 5.56 Å². The van der Waals surface area contributed by atoms with Crippen molar-refractivity contribution in [2.75, 3.05) is 12.0 Å². The highest BCUT2D eigenvalue weighted by Gasteiger charge is 2.15. The molecule has 0 bridgehead atoms. The maximum Gasteiger partial charge on any atom is 0.335 e. The van der Waals surface area contributed by atoms with Crippen LogP contribution < -0.4 is 5.32 Å². The first-order valence-corrected chi connectivity index (χ1v) is 8.93. The Balaban J connectivity index is 1.53. The Morgan fingerprint density at radius 2 is 1.43 bits per heavy atom. The van der Waals surface area contributed by atoms with Gasteiger partial charge in [-0.3, -0.25) is 4.79 Å². The zero-order valence-electron chi connectivity index (χ0n) is 15.5. The molecule has 5 nitrogen and oxygen atoms in total. The lowest BCUT2D eigenvalue weighted by atomic mass is 10.0. The molecule has 5 heteroatoms. The lowest BCUT2D eigenvalue weighted by Crippen LogP contribution is -2.23. The predicted molar refractivity (Wildman–Crippen MR) is 109 cm³/mol. The zero-order valence-corrected chi connectivity index (χ0v) is 15.5. The molecular weight excluding hydrogens is 354 g/mol. The van der Waals surface area contributed by atoms with Crippen LogP contribution in [0.15, 0.2) is 78.9 Å². The van der Waals surface area contributed by atoms with Crippen LogP contribution in [0.5, 0.6) is 0 Å². The molecule has 0 aliphatic carbocycles. The highest BCUT2D eigenvalue weighted by atomic mass is 16.5. The zero-order chi connectivity index (χ0) is 19.9. The molecule has 0 radical (unpaired) electrons. The Morgan fingerprint density at radius 1 is 0.857 bits per heavy atom. The third kappa shape index (κ3) is 4.84. The molecule has 3 aromatic carbocycles. The first kappa shape index (κ1) is 19.3. The van der Waals surface area contributed by atoms with E-state index < -0.39 is 12.1 Å². The number of ether oxygens (including phenoxy) is 1. The SMILES string of the molecule is CC(OCNc1ccc(C(=O)O)cc1)C(=O)c1ccc(-c2ccccc2)cc1. The molecule has 0 saturated heterocycles. The normalized spacial score (nSPS) is 11.6. The summed E-state index contributed by atoms with van der Waals surface area (Å²) in [7, 11) is 0. The fourth-order valence-corrected chi connectivity index (χ4v) is 2.75. The molecule has 2 N–H and O–H groups in total. The number of rotatable bonds is 8. The summed E-state index contributed by atoms with van der Waals surface area (Å²) in [5, 5.41) is 11.9. The van der Waals surface area contributed by atoms with Crippen LogP contribution in [0.4, 0.5) is 5.69 Å². The van der Waals surface area contributed by atoms with Gasteiger partial charge >= 0.3 is 5.97 Å². The van der Waals surface area contributed by atoms with Crippen molar-refractivity contribution in [2.24, 2.45) is 0 Å². The highest BCUT2D eigenvalue weighted by molar-refractivity contribution is 5.99.